The molecule has 0 atom stereocenters. The van der Waals surface area contributed by atoms with Gasteiger partial charge in [0.2, 0.25) is 0 Å². The second-order valence-corrected chi connectivity index (χ2v) is 5.73. The van der Waals surface area contributed by atoms with Crippen LogP contribution in [0, 0.1) is 13.8 Å². The topological polar surface area (TPSA) is 34.2 Å². The molecule has 0 fully saturated rings. The first-order valence-electron chi connectivity index (χ1n) is 6.34. The van der Waals surface area contributed by atoms with Crippen molar-refractivity contribution in [2.45, 2.75) is 40.7 Å². The summed E-state index contributed by atoms with van der Waals surface area (Å²) in [7, 11) is 0. The Morgan fingerprint density at radius 2 is 2.06 bits per heavy atom. The molecule has 0 amide bonds. The lowest BCUT2D eigenvalue weighted by Gasteiger charge is -2.13. The summed E-state index contributed by atoms with van der Waals surface area (Å²) in [6, 6.07) is 2.17. The van der Waals surface area contributed by atoms with Gasteiger partial charge in [-0.05, 0) is 45.7 Å². The van der Waals surface area contributed by atoms with Crippen LogP contribution < -0.4 is 10.1 Å². The van der Waals surface area contributed by atoms with Gasteiger partial charge in [-0.1, -0.05) is 17.4 Å². The number of anilines is 1. The van der Waals surface area contributed by atoms with Crippen LogP contribution in [0.4, 0.5) is 5.13 Å². The van der Waals surface area contributed by atoms with Gasteiger partial charge in [0.05, 0.1) is 10.8 Å². The van der Waals surface area contributed by atoms with Crippen molar-refractivity contribution in [2.24, 2.45) is 0 Å². The van der Waals surface area contributed by atoms with Crippen LogP contribution in [0.2, 0.25) is 0 Å². The van der Waals surface area contributed by atoms with Crippen LogP contribution in [-0.4, -0.2) is 17.6 Å². The van der Waals surface area contributed by atoms with E-state index >= 15 is 0 Å². The van der Waals surface area contributed by atoms with Crippen molar-refractivity contribution in [1.82, 2.24) is 4.98 Å². The Morgan fingerprint density at radius 1 is 1.33 bits per heavy atom. The van der Waals surface area contributed by atoms with E-state index < -0.39 is 0 Å². The van der Waals surface area contributed by atoms with Gasteiger partial charge in [0.15, 0.2) is 5.13 Å². The van der Waals surface area contributed by atoms with Crippen molar-refractivity contribution >= 4 is 26.7 Å². The SMILES string of the molecule is CCNc1nc2c(OC(C)C)c(C)cc(C)c2s1. The molecule has 1 aromatic heterocycles. The number of aromatic nitrogens is 1. The summed E-state index contributed by atoms with van der Waals surface area (Å²) >= 11 is 1.70. The maximum Gasteiger partial charge on any atom is 0.183 e. The Kier molecular flexibility index (Phi) is 3.76. The van der Waals surface area contributed by atoms with Crippen molar-refractivity contribution in [3.8, 4) is 5.75 Å². The quantitative estimate of drug-likeness (QED) is 0.901. The number of ether oxygens (including phenoxy) is 1. The van der Waals surface area contributed by atoms with Crippen molar-refractivity contribution < 1.29 is 4.74 Å². The molecule has 1 aromatic carbocycles. The number of nitrogens with one attached hydrogen (secondary N) is 1. The zero-order valence-electron chi connectivity index (χ0n) is 11.6. The lowest BCUT2D eigenvalue weighted by molar-refractivity contribution is 0.243. The largest absolute Gasteiger partial charge is 0.488 e. The average Bonchev–Trinajstić information content (AvgIpc) is 2.69. The third kappa shape index (κ3) is 2.43. The predicted octanol–water partition coefficient (Wildman–Crippen LogP) is 4.13. The van der Waals surface area contributed by atoms with Crippen LogP contribution in [0.15, 0.2) is 6.07 Å². The van der Waals surface area contributed by atoms with Crippen LogP contribution in [0.1, 0.15) is 31.9 Å². The van der Waals surface area contributed by atoms with Crippen molar-refractivity contribution in [2.75, 3.05) is 11.9 Å². The summed E-state index contributed by atoms with van der Waals surface area (Å²) in [6.07, 6.45) is 0.166. The molecular weight excluding hydrogens is 244 g/mol. The number of hydrogen-bond acceptors (Lipinski definition) is 4. The molecule has 0 aliphatic rings. The molecule has 98 valence electrons. The molecule has 1 heterocycles. The molecule has 0 radical (unpaired) electrons. The summed E-state index contributed by atoms with van der Waals surface area (Å²) < 4.78 is 7.14. The number of benzene rings is 1. The molecule has 0 bridgehead atoms. The minimum absolute atomic E-state index is 0.166. The molecule has 1 N–H and O–H groups in total. The smallest absolute Gasteiger partial charge is 0.183 e. The van der Waals surface area contributed by atoms with Gasteiger partial charge in [-0.15, -0.1) is 0 Å². The molecule has 4 heteroatoms. The second-order valence-electron chi connectivity index (χ2n) is 4.73. The average molecular weight is 264 g/mol. The van der Waals surface area contributed by atoms with Gasteiger partial charge >= 0.3 is 0 Å². The molecule has 0 saturated heterocycles. The zero-order valence-corrected chi connectivity index (χ0v) is 12.4. The van der Waals surface area contributed by atoms with E-state index in [1.54, 1.807) is 11.3 Å². The maximum atomic E-state index is 5.92. The first-order valence-corrected chi connectivity index (χ1v) is 7.15. The normalized spacial score (nSPS) is 11.2. The summed E-state index contributed by atoms with van der Waals surface area (Å²) in [5.74, 6) is 0.922. The van der Waals surface area contributed by atoms with Gasteiger partial charge < -0.3 is 10.1 Å². The predicted molar refractivity (Wildman–Crippen MR) is 79.0 cm³/mol. The maximum absolute atomic E-state index is 5.92. The van der Waals surface area contributed by atoms with Gasteiger partial charge in [-0.2, -0.15) is 0 Å². The Hall–Kier alpha value is -1.29. The van der Waals surface area contributed by atoms with E-state index in [0.717, 1.165) is 28.5 Å². The third-order valence-corrected chi connectivity index (χ3v) is 3.82. The van der Waals surface area contributed by atoms with Crippen LogP contribution in [-0.2, 0) is 0 Å². The van der Waals surface area contributed by atoms with Crippen molar-refractivity contribution in [3.63, 3.8) is 0 Å². The standard InChI is InChI=1S/C14H20N2OS/c1-6-15-14-16-11-12(17-8(2)3)9(4)7-10(5)13(11)18-14/h7-8H,6H2,1-5H3,(H,15,16). The first-order chi connectivity index (χ1) is 8.52. The van der Waals surface area contributed by atoms with E-state index in [1.807, 2.05) is 13.8 Å². The fraction of sp³-hybridized carbons (Fsp3) is 0.500. The molecule has 0 aliphatic carbocycles. The summed E-state index contributed by atoms with van der Waals surface area (Å²) in [5, 5.41) is 4.24. The first kappa shape index (κ1) is 13.1. The Labute approximate surface area is 112 Å². The van der Waals surface area contributed by atoms with E-state index in [-0.39, 0.29) is 6.10 Å². The van der Waals surface area contributed by atoms with Crippen LogP contribution >= 0.6 is 11.3 Å². The number of rotatable bonds is 4. The van der Waals surface area contributed by atoms with Crippen LogP contribution in [0.25, 0.3) is 10.2 Å². The van der Waals surface area contributed by atoms with Crippen LogP contribution in [0.3, 0.4) is 0 Å². The summed E-state index contributed by atoms with van der Waals surface area (Å²) in [6.45, 7) is 11.3. The van der Waals surface area contributed by atoms with E-state index in [1.165, 1.54) is 10.3 Å². The molecule has 0 unspecified atom stereocenters. The summed E-state index contributed by atoms with van der Waals surface area (Å²) in [4.78, 5) is 4.66. The van der Waals surface area contributed by atoms with Gasteiger partial charge in [-0.25, -0.2) is 4.98 Å². The zero-order chi connectivity index (χ0) is 13.3. The Balaban J connectivity index is 2.60. The van der Waals surface area contributed by atoms with Gasteiger partial charge in [0.25, 0.3) is 0 Å². The van der Waals surface area contributed by atoms with Gasteiger partial charge in [0.1, 0.15) is 11.3 Å². The Morgan fingerprint density at radius 3 is 2.67 bits per heavy atom. The molecular formula is C14H20N2OS. The van der Waals surface area contributed by atoms with Gasteiger partial charge in [0, 0.05) is 6.54 Å². The van der Waals surface area contributed by atoms with Crippen molar-refractivity contribution in [3.05, 3.63) is 17.2 Å². The molecule has 0 aliphatic heterocycles. The van der Waals surface area contributed by atoms with Crippen LogP contribution in [0.5, 0.6) is 5.75 Å². The van der Waals surface area contributed by atoms with E-state index in [0.29, 0.717) is 0 Å². The molecule has 2 rings (SSSR count). The molecule has 2 aromatic rings. The minimum atomic E-state index is 0.166. The fourth-order valence-electron chi connectivity index (χ4n) is 2.00. The lowest BCUT2D eigenvalue weighted by atomic mass is 10.1. The number of fused-ring (bicyclic) bond motifs is 1. The minimum Gasteiger partial charge on any atom is -0.488 e. The second kappa shape index (κ2) is 5.14. The molecule has 18 heavy (non-hydrogen) atoms. The number of nitrogens with zero attached hydrogens (tertiary/aromatic N) is 1. The van der Waals surface area contributed by atoms with Crippen molar-refractivity contribution in [1.29, 1.82) is 0 Å². The number of thiazole rings is 1. The van der Waals surface area contributed by atoms with E-state index in [2.05, 4.69) is 37.1 Å². The monoisotopic (exact) mass is 264 g/mol. The number of aryl methyl sites for hydroxylation is 2. The van der Waals surface area contributed by atoms with Gasteiger partial charge in [-0.3, -0.25) is 0 Å². The highest BCUT2D eigenvalue weighted by Crippen LogP contribution is 2.37. The molecule has 3 nitrogen and oxygen atoms in total. The third-order valence-electron chi connectivity index (χ3n) is 2.67. The lowest BCUT2D eigenvalue weighted by Crippen LogP contribution is -2.07. The van der Waals surface area contributed by atoms with E-state index in [4.69, 9.17) is 4.74 Å². The fourth-order valence-corrected chi connectivity index (χ4v) is 3.00. The number of hydrogen-bond donors (Lipinski definition) is 1. The molecule has 0 spiro atoms. The summed E-state index contributed by atoms with van der Waals surface area (Å²) in [5.41, 5.74) is 3.41. The Bertz CT molecular complexity index is 560. The van der Waals surface area contributed by atoms with E-state index in [9.17, 15) is 0 Å². The molecule has 0 saturated carbocycles. The highest BCUT2D eigenvalue weighted by Gasteiger charge is 2.15. The highest BCUT2D eigenvalue weighted by atomic mass is 32.1. The highest BCUT2D eigenvalue weighted by molar-refractivity contribution is 7.22.